The summed E-state index contributed by atoms with van der Waals surface area (Å²) in [7, 11) is 0. The lowest BCUT2D eigenvalue weighted by atomic mass is 9.76. The van der Waals surface area contributed by atoms with Crippen molar-refractivity contribution in [1.29, 1.82) is 0 Å². The molecule has 0 aliphatic rings. The summed E-state index contributed by atoms with van der Waals surface area (Å²) in [6, 6.07) is 6.44. The van der Waals surface area contributed by atoms with E-state index in [0.717, 1.165) is 24.5 Å². The summed E-state index contributed by atoms with van der Waals surface area (Å²) >= 11 is 6.41. The van der Waals surface area contributed by atoms with Crippen molar-refractivity contribution in [3.8, 4) is 0 Å². The fourth-order valence-electron chi connectivity index (χ4n) is 2.64. The first-order valence-corrected chi connectivity index (χ1v) is 8.26. The number of hydrogen-bond acceptors (Lipinski definition) is 1. The molecule has 20 heavy (non-hydrogen) atoms. The maximum Gasteiger partial charge on any atom is 0.0440 e. The predicted octanol–water partition coefficient (Wildman–Crippen LogP) is 5.24. The second-order valence-corrected chi connectivity index (χ2v) is 6.91. The van der Waals surface area contributed by atoms with Gasteiger partial charge in [-0.1, -0.05) is 51.4 Å². The number of hydrogen-bond donors (Lipinski definition) is 1. The van der Waals surface area contributed by atoms with Gasteiger partial charge in [-0.3, -0.25) is 0 Å². The molecule has 1 aromatic rings. The molecule has 0 aliphatic carbocycles. The van der Waals surface area contributed by atoms with Crippen LogP contribution in [0.4, 0.5) is 0 Å². The Morgan fingerprint density at radius 1 is 1.20 bits per heavy atom. The van der Waals surface area contributed by atoms with Gasteiger partial charge in [-0.05, 0) is 61.3 Å². The Bertz CT molecular complexity index is 408. The zero-order chi connectivity index (χ0) is 15.2. The Morgan fingerprint density at radius 3 is 2.35 bits per heavy atom. The highest BCUT2D eigenvalue weighted by Crippen LogP contribution is 2.33. The van der Waals surface area contributed by atoms with Crippen molar-refractivity contribution in [3.63, 3.8) is 0 Å². The molecule has 0 fully saturated rings. The molecule has 0 saturated heterocycles. The average Bonchev–Trinajstić information content (AvgIpc) is 2.40. The van der Waals surface area contributed by atoms with Crippen molar-refractivity contribution >= 4 is 11.6 Å². The number of halogens is 1. The second-order valence-electron chi connectivity index (χ2n) is 6.50. The molecule has 0 heterocycles. The van der Waals surface area contributed by atoms with Crippen molar-refractivity contribution < 1.29 is 0 Å². The lowest BCUT2D eigenvalue weighted by Gasteiger charge is -2.33. The van der Waals surface area contributed by atoms with Crippen LogP contribution in [-0.2, 0) is 6.42 Å². The zero-order valence-corrected chi connectivity index (χ0v) is 14.5. The summed E-state index contributed by atoms with van der Waals surface area (Å²) < 4.78 is 0. The van der Waals surface area contributed by atoms with E-state index in [1.165, 1.54) is 24.0 Å². The average molecular weight is 296 g/mol. The van der Waals surface area contributed by atoms with Crippen LogP contribution in [0.25, 0.3) is 0 Å². The summed E-state index contributed by atoms with van der Waals surface area (Å²) in [5, 5.41) is 4.55. The minimum Gasteiger partial charge on any atom is -0.316 e. The van der Waals surface area contributed by atoms with Gasteiger partial charge in [-0.2, -0.15) is 0 Å². The van der Waals surface area contributed by atoms with Crippen molar-refractivity contribution in [2.75, 3.05) is 13.1 Å². The van der Waals surface area contributed by atoms with E-state index < -0.39 is 0 Å². The molecule has 0 aromatic heterocycles. The lowest BCUT2D eigenvalue weighted by molar-refractivity contribution is 0.243. The Kier molecular flexibility index (Phi) is 7.05. The van der Waals surface area contributed by atoms with E-state index >= 15 is 0 Å². The Balaban J connectivity index is 2.79. The lowest BCUT2D eigenvalue weighted by Crippen LogP contribution is -2.37. The van der Waals surface area contributed by atoms with Gasteiger partial charge in [0, 0.05) is 11.6 Å². The van der Waals surface area contributed by atoms with Gasteiger partial charge in [0.05, 0.1) is 0 Å². The zero-order valence-electron chi connectivity index (χ0n) is 13.7. The molecule has 0 spiro atoms. The molecule has 1 N–H and O–H groups in total. The second kappa shape index (κ2) is 8.05. The SMILES string of the molecule is CCC(CC)(CNCC(C)C)Cc1ccc(C)cc1Cl. The van der Waals surface area contributed by atoms with Crippen LogP contribution in [0, 0.1) is 18.3 Å². The molecular weight excluding hydrogens is 266 g/mol. The summed E-state index contributed by atoms with van der Waals surface area (Å²) in [5.41, 5.74) is 2.83. The van der Waals surface area contributed by atoms with Crippen LogP contribution in [0.2, 0.25) is 5.02 Å². The predicted molar refractivity (Wildman–Crippen MR) is 90.6 cm³/mol. The number of aryl methyl sites for hydroxylation is 1. The van der Waals surface area contributed by atoms with Gasteiger partial charge in [-0.15, -0.1) is 0 Å². The maximum absolute atomic E-state index is 6.41. The molecule has 1 aromatic carbocycles. The van der Waals surface area contributed by atoms with Crippen LogP contribution in [0.15, 0.2) is 18.2 Å². The van der Waals surface area contributed by atoms with Crippen molar-refractivity contribution in [3.05, 3.63) is 34.3 Å². The molecule has 0 radical (unpaired) electrons. The fraction of sp³-hybridized carbons (Fsp3) is 0.667. The maximum atomic E-state index is 6.41. The van der Waals surface area contributed by atoms with Crippen molar-refractivity contribution in [1.82, 2.24) is 5.32 Å². The molecule has 0 saturated carbocycles. The highest BCUT2D eigenvalue weighted by molar-refractivity contribution is 6.31. The minimum absolute atomic E-state index is 0.313. The number of benzene rings is 1. The number of rotatable bonds is 8. The molecule has 1 nitrogen and oxygen atoms in total. The number of nitrogens with one attached hydrogen (secondary N) is 1. The van der Waals surface area contributed by atoms with Crippen LogP contribution in [0.1, 0.15) is 51.7 Å². The summed E-state index contributed by atoms with van der Waals surface area (Å²) in [4.78, 5) is 0. The van der Waals surface area contributed by atoms with Gasteiger partial charge < -0.3 is 5.32 Å². The summed E-state index contributed by atoms with van der Waals surface area (Å²) in [6.45, 7) is 13.3. The summed E-state index contributed by atoms with van der Waals surface area (Å²) in [6.07, 6.45) is 3.42. The Hall–Kier alpha value is -0.530. The van der Waals surface area contributed by atoms with E-state index in [9.17, 15) is 0 Å². The molecule has 0 unspecified atom stereocenters. The van der Waals surface area contributed by atoms with Crippen LogP contribution >= 0.6 is 11.6 Å². The molecule has 0 amide bonds. The molecule has 0 bridgehead atoms. The quantitative estimate of drug-likeness (QED) is 0.691. The molecule has 0 atom stereocenters. The first kappa shape index (κ1) is 17.5. The third-order valence-electron chi connectivity index (χ3n) is 4.33. The minimum atomic E-state index is 0.313. The summed E-state index contributed by atoms with van der Waals surface area (Å²) in [5.74, 6) is 0.698. The van der Waals surface area contributed by atoms with Gasteiger partial charge in [-0.25, -0.2) is 0 Å². The largest absolute Gasteiger partial charge is 0.316 e. The van der Waals surface area contributed by atoms with Crippen molar-refractivity contribution in [2.24, 2.45) is 11.3 Å². The van der Waals surface area contributed by atoms with E-state index in [1.807, 2.05) is 0 Å². The highest BCUT2D eigenvalue weighted by Gasteiger charge is 2.27. The van der Waals surface area contributed by atoms with Gasteiger partial charge >= 0.3 is 0 Å². The van der Waals surface area contributed by atoms with Crippen LogP contribution in [0.5, 0.6) is 0 Å². The molecule has 1 rings (SSSR count). The van der Waals surface area contributed by atoms with Gasteiger partial charge in [0.15, 0.2) is 0 Å². The van der Waals surface area contributed by atoms with E-state index in [1.54, 1.807) is 0 Å². The van der Waals surface area contributed by atoms with Crippen molar-refractivity contribution in [2.45, 2.75) is 53.9 Å². The topological polar surface area (TPSA) is 12.0 Å². The van der Waals surface area contributed by atoms with Crippen LogP contribution in [-0.4, -0.2) is 13.1 Å². The third kappa shape index (κ3) is 5.10. The Labute approximate surface area is 130 Å². The van der Waals surface area contributed by atoms with Crippen LogP contribution < -0.4 is 5.32 Å². The van der Waals surface area contributed by atoms with E-state index in [0.29, 0.717) is 11.3 Å². The fourth-order valence-corrected chi connectivity index (χ4v) is 2.94. The first-order valence-electron chi connectivity index (χ1n) is 7.88. The molecule has 114 valence electrons. The first-order chi connectivity index (χ1) is 9.42. The Morgan fingerprint density at radius 2 is 1.85 bits per heavy atom. The normalized spacial score (nSPS) is 12.2. The van der Waals surface area contributed by atoms with Crippen LogP contribution in [0.3, 0.4) is 0 Å². The molecular formula is C18H30ClN. The van der Waals surface area contributed by atoms with E-state index in [2.05, 4.69) is 58.1 Å². The van der Waals surface area contributed by atoms with Gasteiger partial charge in [0.25, 0.3) is 0 Å². The smallest absolute Gasteiger partial charge is 0.0440 e. The third-order valence-corrected chi connectivity index (χ3v) is 4.68. The van der Waals surface area contributed by atoms with Gasteiger partial charge in [0.2, 0.25) is 0 Å². The van der Waals surface area contributed by atoms with E-state index in [-0.39, 0.29) is 0 Å². The molecule has 2 heteroatoms. The standard InChI is InChI=1S/C18H30ClN/c1-6-18(7-2,13-20-12-14(3)4)11-16-9-8-15(5)10-17(16)19/h8-10,14,20H,6-7,11-13H2,1-5H3. The monoisotopic (exact) mass is 295 g/mol. The molecule has 0 aliphatic heterocycles. The van der Waals surface area contributed by atoms with E-state index in [4.69, 9.17) is 11.6 Å². The van der Waals surface area contributed by atoms with Gasteiger partial charge in [0.1, 0.15) is 0 Å². The highest BCUT2D eigenvalue weighted by atomic mass is 35.5.